The van der Waals surface area contributed by atoms with Crippen LogP contribution in [0.15, 0.2) is 24.3 Å². The Bertz CT molecular complexity index is 584. The summed E-state index contributed by atoms with van der Waals surface area (Å²) in [6, 6.07) is 7.15. The molecule has 2 aliphatic heterocycles. The highest BCUT2D eigenvalue weighted by Gasteiger charge is 2.30. The van der Waals surface area contributed by atoms with E-state index >= 15 is 0 Å². The third kappa shape index (κ3) is 3.54. The van der Waals surface area contributed by atoms with Crippen molar-refractivity contribution < 1.29 is 14.3 Å². The van der Waals surface area contributed by atoms with Gasteiger partial charge in [0.2, 0.25) is 0 Å². The summed E-state index contributed by atoms with van der Waals surface area (Å²) in [5.41, 5.74) is 6.66. The van der Waals surface area contributed by atoms with Crippen LogP contribution in [0.1, 0.15) is 36.0 Å². The fourth-order valence-corrected chi connectivity index (χ4v) is 3.15. The molecule has 2 amide bonds. The first-order valence-electron chi connectivity index (χ1n) is 8.23. The molecule has 2 aliphatic rings. The Hall–Kier alpha value is -1.92. The van der Waals surface area contributed by atoms with Crippen molar-refractivity contribution in [1.29, 1.82) is 0 Å². The summed E-state index contributed by atoms with van der Waals surface area (Å²) < 4.78 is 5.61. The summed E-state index contributed by atoms with van der Waals surface area (Å²) in [5.74, 6) is -0.229. The van der Waals surface area contributed by atoms with Gasteiger partial charge in [-0.1, -0.05) is 12.1 Å². The minimum atomic E-state index is -0.488. The van der Waals surface area contributed by atoms with Gasteiger partial charge in [0.05, 0.1) is 17.4 Å². The van der Waals surface area contributed by atoms with Gasteiger partial charge in [-0.15, -0.1) is 0 Å². The van der Waals surface area contributed by atoms with Crippen molar-refractivity contribution in [1.82, 2.24) is 4.90 Å². The fraction of sp³-hybridized carbons (Fsp3) is 0.529. The molecule has 2 saturated heterocycles. The van der Waals surface area contributed by atoms with Gasteiger partial charge in [-0.2, -0.15) is 0 Å². The summed E-state index contributed by atoms with van der Waals surface area (Å²) in [5, 5.41) is 2.85. The van der Waals surface area contributed by atoms with Crippen LogP contribution < -0.4 is 11.1 Å². The van der Waals surface area contributed by atoms with Crippen LogP contribution in [0.4, 0.5) is 5.69 Å². The predicted molar refractivity (Wildman–Crippen MR) is 87.2 cm³/mol. The summed E-state index contributed by atoms with van der Waals surface area (Å²) in [7, 11) is 0. The van der Waals surface area contributed by atoms with Gasteiger partial charge in [0, 0.05) is 19.6 Å². The highest BCUT2D eigenvalue weighted by atomic mass is 16.5. The van der Waals surface area contributed by atoms with E-state index in [9.17, 15) is 9.59 Å². The molecule has 0 bridgehead atoms. The third-order valence-corrected chi connectivity index (χ3v) is 4.47. The Morgan fingerprint density at radius 3 is 2.65 bits per heavy atom. The van der Waals surface area contributed by atoms with E-state index in [0.29, 0.717) is 24.2 Å². The van der Waals surface area contributed by atoms with E-state index in [0.717, 1.165) is 32.4 Å². The first-order valence-corrected chi connectivity index (χ1v) is 8.23. The number of benzene rings is 1. The van der Waals surface area contributed by atoms with Crippen LogP contribution in [-0.4, -0.2) is 48.6 Å². The Labute approximate surface area is 136 Å². The Kier molecular flexibility index (Phi) is 4.93. The standard InChI is InChI=1S/C17H23N3O3/c18-11-12-7-8-15(23-12)16(21)19-14-6-2-1-5-13(14)17(22)20-9-3-4-10-20/h1-2,5-6,12,15H,3-4,7-11,18H2,(H,19,21)/t12-,15+/m1/s1. The van der Waals surface area contributed by atoms with Crippen LogP contribution in [0.3, 0.4) is 0 Å². The maximum atomic E-state index is 12.6. The molecule has 1 aromatic carbocycles. The zero-order chi connectivity index (χ0) is 16.2. The normalized spacial score (nSPS) is 24.0. The monoisotopic (exact) mass is 317 g/mol. The number of likely N-dealkylation sites (tertiary alicyclic amines) is 1. The van der Waals surface area contributed by atoms with E-state index in [4.69, 9.17) is 10.5 Å². The largest absolute Gasteiger partial charge is 0.364 e. The lowest BCUT2D eigenvalue weighted by Gasteiger charge is -2.19. The van der Waals surface area contributed by atoms with Gasteiger partial charge in [0.15, 0.2) is 0 Å². The minimum absolute atomic E-state index is 0.0226. The average molecular weight is 317 g/mol. The van der Waals surface area contributed by atoms with Crippen LogP contribution in [0.25, 0.3) is 0 Å². The zero-order valence-corrected chi connectivity index (χ0v) is 13.2. The first-order chi connectivity index (χ1) is 11.2. The first kappa shape index (κ1) is 16.0. The van der Waals surface area contributed by atoms with Crippen molar-refractivity contribution >= 4 is 17.5 Å². The van der Waals surface area contributed by atoms with Crippen molar-refractivity contribution in [3.05, 3.63) is 29.8 Å². The van der Waals surface area contributed by atoms with Gasteiger partial charge >= 0.3 is 0 Å². The molecule has 0 radical (unpaired) electrons. The van der Waals surface area contributed by atoms with E-state index in [2.05, 4.69) is 5.32 Å². The molecule has 1 aromatic rings. The fourth-order valence-electron chi connectivity index (χ4n) is 3.15. The van der Waals surface area contributed by atoms with Crippen LogP contribution in [0.2, 0.25) is 0 Å². The molecule has 0 aliphatic carbocycles. The Balaban J connectivity index is 1.70. The van der Waals surface area contributed by atoms with Gasteiger partial charge in [-0.05, 0) is 37.8 Å². The number of rotatable bonds is 4. The topological polar surface area (TPSA) is 84.7 Å². The van der Waals surface area contributed by atoms with E-state index in [-0.39, 0.29) is 17.9 Å². The lowest BCUT2D eigenvalue weighted by molar-refractivity contribution is -0.126. The average Bonchev–Trinajstić information content (AvgIpc) is 3.26. The molecule has 23 heavy (non-hydrogen) atoms. The summed E-state index contributed by atoms with van der Waals surface area (Å²) >= 11 is 0. The van der Waals surface area contributed by atoms with Gasteiger partial charge in [-0.25, -0.2) is 0 Å². The van der Waals surface area contributed by atoms with Crippen molar-refractivity contribution in [2.24, 2.45) is 5.73 Å². The van der Waals surface area contributed by atoms with E-state index in [1.165, 1.54) is 0 Å². The lowest BCUT2D eigenvalue weighted by Crippen LogP contribution is -2.32. The number of amides is 2. The van der Waals surface area contributed by atoms with Gasteiger partial charge in [-0.3, -0.25) is 9.59 Å². The number of nitrogens with one attached hydrogen (secondary N) is 1. The van der Waals surface area contributed by atoms with Crippen molar-refractivity contribution in [2.75, 3.05) is 25.0 Å². The number of carbonyl (C=O) groups is 2. The molecule has 6 heteroatoms. The van der Waals surface area contributed by atoms with Crippen molar-refractivity contribution in [3.8, 4) is 0 Å². The number of nitrogens with zero attached hydrogens (tertiary/aromatic N) is 1. The highest BCUT2D eigenvalue weighted by molar-refractivity contribution is 6.04. The second-order valence-corrected chi connectivity index (χ2v) is 6.09. The number of nitrogens with two attached hydrogens (primary N) is 1. The molecular formula is C17H23N3O3. The molecule has 124 valence electrons. The summed E-state index contributed by atoms with van der Waals surface area (Å²) in [6.07, 6.45) is 3.00. The van der Waals surface area contributed by atoms with Gasteiger partial charge in [0.25, 0.3) is 11.8 Å². The molecule has 0 saturated carbocycles. The molecule has 2 heterocycles. The molecule has 3 N–H and O–H groups in total. The molecule has 0 unspecified atom stereocenters. The van der Waals surface area contributed by atoms with E-state index in [1.807, 2.05) is 17.0 Å². The van der Waals surface area contributed by atoms with Crippen molar-refractivity contribution in [2.45, 2.75) is 37.9 Å². The number of ether oxygens (including phenoxy) is 1. The molecule has 2 fully saturated rings. The van der Waals surface area contributed by atoms with Crippen molar-refractivity contribution in [3.63, 3.8) is 0 Å². The number of para-hydroxylation sites is 1. The number of hydrogen-bond acceptors (Lipinski definition) is 4. The maximum Gasteiger partial charge on any atom is 0.255 e. The van der Waals surface area contributed by atoms with E-state index < -0.39 is 6.10 Å². The molecule has 6 nitrogen and oxygen atoms in total. The molecule has 0 aromatic heterocycles. The van der Waals surface area contributed by atoms with Crippen LogP contribution in [-0.2, 0) is 9.53 Å². The highest BCUT2D eigenvalue weighted by Crippen LogP contribution is 2.23. The molecule has 0 spiro atoms. The van der Waals surface area contributed by atoms with Gasteiger partial charge in [0.1, 0.15) is 6.10 Å². The Morgan fingerprint density at radius 2 is 1.96 bits per heavy atom. The molecule has 2 atom stereocenters. The SMILES string of the molecule is NC[C@H]1CC[C@@H](C(=O)Nc2ccccc2C(=O)N2CCCC2)O1. The lowest BCUT2D eigenvalue weighted by atomic mass is 10.1. The van der Waals surface area contributed by atoms with Crippen LogP contribution in [0.5, 0.6) is 0 Å². The summed E-state index contributed by atoms with van der Waals surface area (Å²) in [6.45, 7) is 1.99. The second-order valence-electron chi connectivity index (χ2n) is 6.09. The zero-order valence-electron chi connectivity index (χ0n) is 13.2. The predicted octanol–water partition coefficient (Wildman–Crippen LogP) is 1.37. The maximum absolute atomic E-state index is 12.6. The Morgan fingerprint density at radius 1 is 1.22 bits per heavy atom. The smallest absolute Gasteiger partial charge is 0.255 e. The number of carbonyl (C=O) groups excluding carboxylic acids is 2. The number of hydrogen-bond donors (Lipinski definition) is 2. The minimum Gasteiger partial charge on any atom is -0.364 e. The summed E-state index contributed by atoms with van der Waals surface area (Å²) in [4.78, 5) is 26.8. The molecule has 3 rings (SSSR count). The van der Waals surface area contributed by atoms with Crippen LogP contribution in [0, 0.1) is 0 Å². The second kappa shape index (κ2) is 7.10. The van der Waals surface area contributed by atoms with Gasteiger partial charge < -0.3 is 20.7 Å². The molecular weight excluding hydrogens is 294 g/mol. The number of anilines is 1. The van der Waals surface area contributed by atoms with E-state index in [1.54, 1.807) is 12.1 Å². The van der Waals surface area contributed by atoms with Crippen LogP contribution >= 0.6 is 0 Å². The quantitative estimate of drug-likeness (QED) is 0.878. The third-order valence-electron chi connectivity index (χ3n) is 4.47.